The van der Waals surface area contributed by atoms with Crippen molar-refractivity contribution in [2.75, 3.05) is 20.1 Å². The van der Waals surface area contributed by atoms with Crippen molar-refractivity contribution in [1.29, 1.82) is 0 Å². The number of carbonyl (C=O) groups excluding carboxylic acids is 2. The summed E-state index contributed by atoms with van der Waals surface area (Å²) in [6.07, 6.45) is 6.42. The Morgan fingerprint density at radius 2 is 1.94 bits per heavy atom. The first-order valence-corrected chi connectivity index (χ1v) is 10.1. The van der Waals surface area contributed by atoms with Gasteiger partial charge in [-0.05, 0) is 23.3 Å². The molecule has 2 aromatic heterocycles. The number of likely N-dealkylation sites (N-methyl/N-ethyl adjacent to an activating group) is 1. The molecule has 3 heterocycles. The van der Waals surface area contributed by atoms with Crippen LogP contribution in [0.1, 0.15) is 27.7 Å². The molecular weight excluding hydrogens is 392 g/mol. The second-order valence-corrected chi connectivity index (χ2v) is 7.52. The Morgan fingerprint density at radius 1 is 1.10 bits per heavy atom. The van der Waals surface area contributed by atoms with Crippen LogP contribution in [0.25, 0.3) is 0 Å². The van der Waals surface area contributed by atoms with Crippen LogP contribution in [0.4, 0.5) is 0 Å². The van der Waals surface area contributed by atoms with Crippen molar-refractivity contribution in [3.05, 3.63) is 90.3 Å². The summed E-state index contributed by atoms with van der Waals surface area (Å²) < 4.78 is 0. The van der Waals surface area contributed by atoms with Gasteiger partial charge in [0.2, 0.25) is 5.91 Å². The zero-order valence-corrected chi connectivity index (χ0v) is 17.3. The number of amides is 2. The fraction of sp³-hybridized carbons (Fsp3) is 0.261. The molecule has 1 aliphatic heterocycles. The Balaban J connectivity index is 1.61. The summed E-state index contributed by atoms with van der Waals surface area (Å²) in [5, 5.41) is 2.97. The van der Waals surface area contributed by atoms with E-state index in [2.05, 4.69) is 25.2 Å². The Bertz CT molecular complexity index is 1020. The Kier molecular flexibility index (Phi) is 6.28. The van der Waals surface area contributed by atoms with Gasteiger partial charge in [-0.2, -0.15) is 0 Å². The van der Waals surface area contributed by atoms with E-state index in [1.807, 2.05) is 42.5 Å². The summed E-state index contributed by atoms with van der Waals surface area (Å²) in [5.41, 5.74) is 2.25. The zero-order chi connectivity index (χ0) is 21.6. The smallest absolute Gasteiger partial charge is 0.270 e. The van der Waals surface area contributed by atoms with Crippen LogP contribution in [0.5, 0.6) is 0 Å². The minimum atomic E-state index is -0.443. The third kappa shape index (κ3) is 4.75. The van der Waals surface area contributed by atoms with Gasteiger partial charge in [-0.3, -0.25) is 19.5 Å². The molecule has 2 amide bonds. The number of pyridine rings is 1. The summed E-state index contributed by atoms with van der Waals surface area (Å²) >= 11 is 0. The predicted molar refractivity (Wildman–Crippen MR) is 115 cm³/mol. The molecular formula is C23H24N6O2. The van der Waals surface area contributed by atoms with E-state index in [-0.39, 0.29) is 17.9 Å². The van der Waals surface area contributed by atoms with Crippen molar-refractivity contribution in [2.45, 2.75) is 18.6 Å². The molecule has 0 bridgehead atoms. The monoisotopic (exact) mass is 416 g/mol. The Hall–Kier alpha value is -3.65. The van der Waals surface area contributed by atoms with Crippen molar-refractivity contribution < 1.29 is 9.59 Å². The average molecular weight is 416 g/mol. The lowest BCUT2D eigenvalue weighted by Gasteiger charge is -2.45. The highest BCUT2D eigenvalue weighted by Crippen LogP contribution is 2.31. The molecule has 3 aromatic rings. The number of aromatic nitrogens is 3. The van der Waals surface area contributed by atoms with Gasteiger partial charge >= 0.3 is 0 Å². The predicted octanol–water partition coefficient (Wildman–Crippen LogP) is 1.69. The number of rotatable bonds is 6. The fourth-order valence-corrected chi connectivity index (χ4v) is 3.87. The van der Waals surface area contributed by atoms with E-state index in [1.54, 1.807) is 30.4 Å². The largest absolute Gasteiger partial charge is 0.349 e. The van der Waals surface area contributed by atoms with Gasteiger partial charge in [0.15, 0.2) is 0 Å². The number of hydrogen-bond acceptors (Lipinski definition) is 6. The molecule has 0 saturated carbocycles. The molecule has 1 saturated heterocycles. The van der Waals surface area contributed by atoms with E-state index >= 15 is 0 Å². The van der Waals surface area contributed by atoms with E-state index in [4.69, 9.17) is 0 Å². The van der Waals surface area contributed by atoms with Gasteiger partial charge in [0, 0.05) is 51.3 Å². The summed E-state index contributed by atoms with van der Waals surface area (Å²) in [6.45, 7) is 1.43. The molecule has 4 rings (SSSR count). The number of nitrogens with zero attached hydrogens (tertiary/aromatic N) is 5. The van der Waals surface area contributed by atoms with Crippen LogP contribution in [-0.2, 0) is 11.3 Å². The van der Waals surface area contributed by atoms with Crippen LogP contribution < -0.4 is 5.32 Å². The van der Waals surface area contributed by atoms with Crippen molar-refractivity contribution in [3.8, 4) is 0 Å². The minimum Gasteiger partial charge on any atom is -0.349 e. The van der Waals surface area contributed by atoms with Gasteiger partial charge in [0.05, 0.1) is 0 Å². The van der Waals surface area contributed by atoms with Crippen LogP contribution in [0, 0.1) is 0 Å². The zero-order valence-electron chi connectivity index (χ0n) is 17.3. The van der Waals surface area contributed by atoms with Crippen molar-refractivity contribution >= 4 is 11.8 Å². The number of piperazine rings is 1. The van der Waals surface area contributed by atoms with Gasteiger partial charge in [-0.15, -0.1) is 0 Å². The van der Waals surface area contributed by atoms with Crippen molar-refractivity contribution in [1.82, 2.24) is 30.1 Å². The van der Waals surface area contributed by atoms with Crippen LogP contribution >= 0.6 is 0 Å². The highest BCUT2D eigenvalue weighted by molar-refractivity contribution is 5.92. The number of hydrogen-bond donors (Lipinski definition) is 1. The molecule has 158 valence electrons. The van der Waals surface area contributed by atoms with Crippen molar-refractivity contribution in [2.24, 2.45) is 0 Å². The number of carbonyl (C=O) groups is 2. The Labute approximate surface area is 181 Å². The quantitative estimate of drug-likeness (QED) is 0.658. The van der Waals surface area contributed by atoms with Gasteiger partial charge in [-0.1, -0.05) is 36.4 Å². The van der Waals surface area contributed by atoms with Crippen LogP contribution in [-0.4, -0.2) is 62.7 Å². The van der Waals surface area contributed by atoms with Crippen LogP contribution in [0.3, 0.4) is 0 Å². The first kappa shape index (κ1) is 20.6. The molecule has 0 aliphatic carbocycles. The number of nitrogens with one attached hydrogen (secondary N) is 1. The van der Waals surface area contributed by atoms with Crippen molar-refractivity contribution in [3.63, 3.8) is 0 Å². The average Bonchev–Trinajstić information content (AvgIpc) is 2.82. The lowest BCUT2D eigenvalue weighted by atomic mass is 9.97. The SMILES string of the molecule is CN1C[C@@H](CNC(=O)c2ccncn2)N(Cc2cccnc2)[C@@H](c2ccccc2)C1=O. The third-order valence-corrected chi connectivity index (χ3v) is 5.41. The summed E-state index contributed by atoms with van der Waals surface area (Å²) in [4.78, 5) is 41.7. The Morgan fingerprint density at radius 3 is 2.65 bits per heavy atom. The molecule has 1 aromatic carbocycles. The van der Waals surface area contributed by atoms with E-state index in [1.165, 1.54) is 12.5 Å². The molecule has 2 atom stereocenters. The normalized spacial score (nSPS) is 19.3. The van der Waals surface area contributed by atoms with E-state index in [0.29, 0.717) is 25.3 Å². The van der Waals surface area contributed by atoms with Crippen LogP contribution in [0.2, 0.25) is 0 Å². The molecule has 8 nitrogen and oxygen atoms in total. The first-order valence-electron chi connectivity index (χ1n) is 10.1. The lowest BCUT2D eigenvalue weighted by Crippen LogP contribution is -2.59. The van der Waals surface area contributed by atoms with Gasteiger partial charge in [-0.25, -0.2) is 9.97 Å². The van der Waals surface area contributed by atoms with Gasteiger partial charge in [0.1, 0.15) is 18.1 Å². The molecule has 1 aliphatic rings. The standard InChI is InChI=1S/C23H24N6O2/c1-28-15-19(13-26-22(30)20-9-11-25-16-27-20)29(14-17-6-5-10-24-12-17)21(23(28)31)18-7-3-2-4-8-18/h2-12,16,19,21H,13-15H2,1H3,(H,26,30)/t19-,21+/m1/s1. The highest BCUT2D eigenvalue weighted by Gasteiger charge is 2.40. The fourth-order valence-electron chi connectivity index (χ4n) is 3.87. The molecule has 0 spiro atoms. The van der Waals surface area contributed by atoms with E-state index in [9.17, 15) is 9.59 Å². The first-order chi connectivity index (χ1) is 15.1. The molecule has 0 unspecified atom stereocenters. The second-order valence-electron chi connectivity index (χ2n) is 7.52. The van der Waals surface area contributed by atoms with E-state index in [0.717, 1.165) is 11.1 Å². The van der Waals surface area contributed by atoms with Gasteiger partial charge in [0.25, 0.3) is 5.91 Å². The highest BCUT2D eigenvalue weighted by atomic mass is 16.2. The van der Waals surface area contributed by atoms with Crippen LogP contribution in [0.15, 0.2) is 73.4 Å². The summed E-state index contributed by atoms with van der Waals surface area (Å²) in [7, 11) is 1.80. The molecule has 1 fully saturated rings. The summed E-state index contributed by atoms with van der Waals surface area (Å²) in [5.74, 6) is -0.229. The molecule has 8 heteroatoms. The number of benzene rings is 1. The van der Waals surface area contributed by atoms with Gasteiger partial charge < -0.3 is 10.2 Å². The maximum absolute atomic E-state index is 13.2. The summed E-state index contributed by atoms with van der Waals surface area (Å²) in [6, 6.07) is 14.7. The topological polar surface area (TPSA) is 91.3 Å². The third-order valence-electron chi connectivity index (χ3n) is 5.41. The maximum atomic E-state index is 13.2. The lowest BCUT2D eigenvalue weighted by molar-refractivity contribution is -0.144. The molecule has 1 N–H and O–H groups in total. The maximum Gasteiger partial charge on any atom is 0.270 e. The molecule has 0 radical (unpaired) electrons. The minimum absolute atomic E-state index is 0.0356. The van der Waals surface area contributed by atoms with E-state index < -0.39 is 6.04 Å². The molecule has 31 heavy (non-hydrogen) atoms. The second kappa shape index (κ2) is 9.44.